The molecule has 0 bridgehead atoms. The molecular formula is C36H44N2O3. The standard InChI is InChI=1S/C36H44N2O3/c39-32-18-17-29-24-31(16-15-30(29)25-32)35-26-40-36(41-35)33-9-3-4-10-34(33)37-20-7-8-27-11-13-28(14-12-27)19-23-38-21-5-1-2-6-22-38/h3-4,9-14,17-18,25-26,31,36-37,39H,1-2,5-8,15-16,19-24H2. The highest BCUT2D eigenvalue weighted by atomic mass is 16.7. The topological polar surface area (TPSA) is 54.0 Å². The van der Waals surface area contributed by atoms with Crippen molar-refractivity contribution in [2.75, 3.05) is 31.5 Å². The van der Waals surface area contributed by atoms with Gasteiger partial charge in [-0.2, -0.15) is 0 Å². The molecule has 2 atom stereocenters. The van der Waals surface area contributed by atoms with Gasteiger partial charge in [-0.3, -0.25) is 0 Å². The summed E-state index contributed by atoms with van der Waals surface area (Å²) in [5, 5.41) is 13.4. The molecule has 0 saturated carbocycles. The van der Waals surface area contributed by atoms with Crippen molar-refractivity contribution in [1.82, 2.24) is 4.90 Å². The van der Waals surface area contributed by atoms with Crippen molar-refractivity contribution in [3.05, 3.63) is 107 Å². The van der Waals surface area contributed by atoms with Crippen LogP contribution in [0.5, 0.6) is 5.75 Å². The van der Waals surface area contributed by atoms with Crippen molar-refractivity contribution in [1.29, 1.82) is 0 Å². The molecule has 1 aliphatic carbocycles. The highest BCUT2D eigenvalue weighted by molar-refractivity contribution is 5.52. The molecule has 0 aromatic heterocycles. The molecule has 3 aromatic rings. The van der Waals surface area contributed by atoms with Crippen molar-refractivity contribution in [3.8, 4) is 5.75 Å². The number of phenols is 1. The number of nitrogens with zero attached hydrogens (tertiary/aromatic N) is 1. The van der Waals surface area contributed by atoms with Crippen molar-refractivity contribution >= 4 is 5.69 Å². The van der Waals surface area contributed by atoms with E-state index in [-0.39, 0.29) is 0 Å². The fraction of sp³-hybridized carbons (Fsp3) is 0.444. The van der Waals surface area contributed by atoms with E-state index in [4.69, 9.17) is 9.47 Å². The molecule has 0 spiro atoms. The summed E-state index contributed by atoms with van der Waals surface area (Å²) in [4.78, 5) is 2.64. The second-order valence-electron chi connectivity index (χ2n) is 11.9. The quantitative estimate of drug-likeness (QED) is 0.254. The Morgan fingerprint density at radius 2 is 1.63 bits per heavy atom. The van der Waals surface area contributed by atoms with Crippen molar-refractivity contribution in [2.24, 2.45) is 5.92 Å². The van der Waals surface area contributed by atoms with Gasteiger partial charge in [0.15, 0.2) is 0 Å². The third-order valence-corrected chi connectivity index (χ3v) is 8.98. The summed E-state index contributed by atoms with van der Waals surface area (Å²) in [6.45, 7) is 4.63. The predicted molar refractivity (Wildman–Crippen MR) is 165 cm³/mol. The zero-order valence-corrected chi connectivity index (χ0v) is 24.2. The summed E-state index contributed by atoms with van der Waals surface area (Å²) in [7, 11) is 0. The lowest BCUT2D eigenvalue weighted by molar-refractivity contribution is -0.0401. The molecule has 0 amide bonds. The molecule has 5 heteroatoms. The van der Waals surface area contributed by atoms with Crippen molar-refractivity contribution in [3.63, 3.8) is 0 Å². The molecule has 2 aliphatic heterocycles. The van der Waals surface area contributed by atoms with Crippen LogP contribution in [0.4, 0.5) is 5.69 Å². The average Bonchev–Trinajstić information content (AvgIpc) is 3.35. The number of hydrogen-bond acceptors (Lipinski definition) is 5. The summed E-state index contributed by atoms with van der Waals surface area (Å²) in [6, 6.07) is 23.3. The van der Waals surface area contributed by atoms with Crippen LogP contribution in [-0.2, 0) is 35.2 Å². The van der Waals surface area contributed by atoms with Crippen LogP contribution in [0.2, 0.25) is 0 Å². The van der Waals surface area contributed by atoms with E-state index < -0.39 is 6.29 Å². The van der Waals surface area contributed by atoms with E-state index >= 15 is 0 Å². The number of fused-ring (bicyclic) bond motifs is 1. The molecule has 3 aromatic carbocycles. The van der Waals surface area contributed by atoms with E-state index in [0.717, 1.165) is 62.1 Å². The number of phenolic OH excluding ortho intramolecular Hbond substituents is 1. The summed E-state index contributed by atoms with van der Waals surface area (Å²) in [6.07, 6.45) is 13.0. The van der Waals surface area contributed by atoms with E-state index in [1.165, 1.54) is 67.6 Å². The van der Waals surface area contributed by atoms with Gasteiger partial charge in [0.2, 0.25) is 0 Å². The Kier molecular flexibility index (Phi) is 9.11. The molecule has 2 heterocycles. The number of hydrogen-bond donors (Lipinski definition) is 2. The lowest BCUT2D eigenvalue weighted by atomic mass is 9.83. The van der Waals surface area contributed by atoms with Crippen LogP contribution in [0, 0.1) is 5.92 Å². The van der Waals surface area contributed by atoms with Gasteiger partial charge in [0.05, 0.1) is 5.56 Å². The molecule has 2 unspecified atom stereocenters. The molecule has 2 N–H and O–H groups in total. The second kappa shape index (κ2) is 13.5. The third kappa shape index (κ3) is 7.26. The SMILES string of the molecule is Oc1ccc2c(c1)CCC(C1=COC(c3ccccc3NCCCc3ccc(CCN4CCCCCC4)cc3)O1)C2. The molecular weight excluding hydrogens is 508 g/mol. The summed E-state index contributed by atoms with van der Waals surface area (Å²) >= 11 is 0. The van der Waals surface area contributed by atoms with E-state index in [0.29, 0.717) is 11.7 Å². The Morgan fingerprint density at radius 1 is 0.854 bits per heavy atom. The number of rotatable bonds is 10. The maximum atomic E-state index is 9.80. The number of aryl methyl sites for hydroxylation is 2. The van der Waals surface area contributed by atoms with Crippen LogP contribution in [0.1, 0.15) is 72.6 Å². The number of aromatic hydroxyl groups is 1. The molecule has 1 fully saturated rings. The number of ether oxygens (including phenoxy) is 2. The predicted octanol–water partition coefficient (Wildman–Crippen LogP) is 7.55. The first-order chi connectivity index (χ1) is 20.2. The van der Waals surface area contributed by atoms with Crippen LogP contribution < -0.4 is 5.32 Å². The summed E-state index contributed by atoms with van der Waals surface area (Å²) in [5.41, 5.74) is 7.49. The van der Waals surface area contributed by atoms with Crippen LogP contribution in [0.25, 0.3) is 0 Å². The number of likely N-dealkylation sites (tertiary alicyclic amines) is 1. The monoisotopic (exact) mass is 552 g/mol. The lowest BCUT2D eigenvalue weighted by Crippen LogP contribution is -2.26. The summed E-state index contributed by atoms with van der Waals surface area (Å²) < 4.78 is 12.4. The van der Waals surface area contributed by atoms with Gasteiger partial charge in [0.1, 0.15) is 17.8 Å². The first-order valence-electron chi connectivity index (χ1n) is 15.7. The maximum Gasteiger partial charge on any atom is 0.268 e. The zero-order valence-electron chi connectivity index (χ0n) is 24.2. The smallest absolute Gasteiger partial charge is 0.268 e. The van der Waals surface area contributed by atoms with E-state index in [2.05, 4.69) is 52.7 Å². The Bertz CT molecular complexity index is 1310. The number of allylic oxidation sites excluding steroid dienone is 1. The third-order valence-electron chi connectivity index (χ3n) is 8.98. The van der Waals surface area contributed by atoms with Crippen LogP contribution in [-0.4, -0.2) is 36.2 Å². The van der Waals surface area contributed by atoms with Gasteiger partial charge in [-0.25, -0.2) is 0 Å². The van der Waals surface area contributed by atoms with Gasteiger partial charge in [0.25, 0.3) is 6.29 Å². The number of nitrogens with one attached hydrogen (secondary N) is 1. The van der Waals surface area contributed by atoms with E-state index in [1.807, 2.05) is 24.5 Å². The first kappa shape index (κ1) is 27.7. The summed E-state index contributed by atoms with van der Waals surface area (Å²) in [5.74, 6) is 1.58. The first-order valence-corrected chi connectivity index (χ1v) is 15.7. The van der Waals surface area contributed by atoms with Gasteiger partial charge in [-0.15, -0.1) is 0 Å². The minimum absolute atomic E-state index is 0.304. The lowest BCUT2D eigenvalue weighted by Gasteiger charge is -2.25. The fourth-order valence-corrected chi connectivity index (χ4v) is 6.52. The van der Waals surface area contributed by atoms with Gasteiger partial charge in [-0.1, -0.05) is 55.3 Å². The average molecular weight is 553 g/mol. The van der Waals surface area contributed by atoms with Gasteiger partial charge < -0.3 is 24.8 Å². The normalized spacial score (nSPS) is 20.8. The Morgan fingerprint density at radius 3 is 2.46 bits per heavy atom. The second-order valence-corrected chi connectivity index (χ2v) is 11.9. The van der Waals surface area contributed by atoms with Crippen molar-refractivity contribution in [2.45, 2.75) is 70.5 Å². The Balaban J connectivity index is 0.957. The Labute approximate surface area is 245 Å². The van der Waals surface area contributed by atoms with Crippen molar-refractivity contribution < 1.29 is 14.6 Å². The van der Waals surface area contributed by atoms with E-state index in [9.17, 15) is 5.11 Å². The number of para-hydroxylation sites is 1. The molecule has 0 radical (unpaired) electrons. The largest absolute Gasteiger partial charge is 0.508 e. The van der Waals surface area contributed by atoms with Crippen LogP contribution in [0.15, 0.2) is 78.8 Å². The minimum Gasteiger partial charge on any atom is -0.508 e. The minimum atomic E-state index is -0.420. The highest BCUT2D eigenvalue weighted by Crippen LogP contribution is 2.40. The van der Waals surface area contributed by atoms with Gasteiger partial charge in [0, 0.05) is 24.7 Å². The molecule has 5 nitrogen and oxygen atoms in total. The fourth-order valence-electron chi connectivity index (χ4n) is 6.52. The Hall–Kier alpha value is -3.44. The van der Waals surface area contributed by atoms with Gasteiger partial charge >= 0.3 is 0 Å². The zero-order chi connectivity index (χ0) is 27.9. The molecule has 1 saturated heterocycles. The van der Waals surface area contributed by atoms with Crippen LogP contribution >= 0.6 is 0 Å². The molecule has 3 aliphatic rings. The molecule has 6 rings (SSSR count). The molecule has 41 heavy (non-hydrogen) atoms. The number of benzene rings is 3. The highest BCUT2D eigenvalue weighted by Gasteiger charge is 2.31. The maximum absolute atomic E-state index is 9.80. The van der Waals surface area contributed by atoms with E-state index in [1.54, 1.807) is 6.07 Å². The molecule has 216 valence electrons. The number of anilines is 1. The van der Waals surface area contributed by atoms with Crippen LogP contribution in [0.3, 0.4) is 0 Å². The van der Waals surface area contributed by atoms with Gasteiger partial charge in [-0.05, 0) is 111 Å².